The zero-order valence-corrected chi connectivity index (χ0v) is 18.4. The molecule has 0 aromatic heterocycles. The van der Waals surface area contributed by atoms with Crippen LogP contribution < -0.4 is 15.4 Å². The number of benzene rings is 1. The number of hydrogen-bond donors (Lipinski definition) is 2. The van der Waals surface area contributed by atoms with Crippen molar-refractivity contribution in [3.05, 3.63) is 30.1 Å². The molecule has 0 amide bonds. The van der Waals surface area contributed by atoms with Crippen molar-refractivity contribution in [2.45, 2.75) is 38.4 Å². The first-order valence-electron chi connectivity index (χ1n) is 9.23. The second kappa shape index (κ2) is 14.0. The Hall–Kier alpha value is -1.13. The lowest BCUT2D eigenvalue weighted by molar-refractivity contribution is -0.0320. The maximum atomic E-state index is 13.2. The Morgan fingerprint density at radius 1 is 1.33 bits per heavy atom. The highest BCUT2D eigenvalue weighted by Crippen LogP contribution is 2.13. The SMILES string of the molecule is CN=C(NCCCOC1CCOCC1)NCC(C)Oc1cccc(F)c1.I. The van der Waals surface area contributed by atoms with Gasteiger partial charge >= 0.3 is 0 Å². The largest absolute Gasteiger partial charge is 0.489 e. The predicted molar refractivity (Wildman–Crippen MR) is 116 cm³/mol. The molecule has 0 saturated carbocycles. The van der Waals surface area contributed by atoms with Crippen molar-refractivity contribution in [2.75, 3.05) is 40.0 Å². The summed E-state index contributed by atoms with van der Waals surface area (Å²) >= 11 is 0. The van der Waals surface area contributed by atoms with Gasteiger partial charge < -0.3 is 24.8 Å². The number of nitrogens with zero attached hydrogens (tertiary/aromatic N) is 1. The van der Waals surface area contributed by atoms with E-state index in [0.29, 0.717) is 24.4 Å². The van der Waals surface area contributed by atoms with Gasteiger partial charge in [-0.3, -0.25) is 4.99 Å². The van der Waals surface area contributed by atoms with E-state index in [2.05, 4.69) is 15.6 Å². The van der Waals surface area contributed by atoms with Gasteiger partial charge in [-0.1, -0.05) is 6.07 Å². The molecule has 0 spiro atoms. The van der Waals surface area contributed by atoms with E-state index >= 15 is 0 Å². The lowest BCUT2D eigenvalue weighted by Crippen LogP contribution is -2.42. The first-order valence-corrected chi connectivity index (χ1v) is 9.23. The van der Waals surface area contributed by atoms with Gasteiger partial charge in [-0.25, -0.2) is 4.39 Å². The lowest BCUT2D eigenvalue weighted by Gasteiger charge is -2.22. The van der Waals surface area contributed by atoms with Crippen molar-refractivity contribution >= 4 is 29.9 Å². The molecule has 1 heterocycles. The first-order chi connectivity index (χ1) is 12.7. The van der Waals surface area contributed by atoms with Gasteiger partial charge in [0.25, 0.3) is 0 Å². The van der Waals surface area contributed by atoms with E-state index in [-0.39, 0.29) is 35.9 Å². The summed E-state index contributed by atoms with van der Waals surface area (Å²) in [7, 11) is 1.73. The third-order valence-electron chi connectivity index (χ3n) is 4.05. The van der Waals surface area contributed by atoms with Crippen LogP contribution in [-0.2, 0) is 9.47 Å². The molecule has 6 nitrogen and oxygen atoms in total. The van der Waals surface area contributed by atoms with E-state index in [1.165, 1.54) is 12.1 Å². The molecular weight excluding hydrogens is 464 g/mol. The summed E-state index contributed by atoms with van der Waals surface area (Å²) in [4.78, 5) is 4.19. The molecule has 0 aliphatic carbocycles. The highest BCUT2D eigenvalue weighted by Gasteiger charge is 2.13. The van der Waals surface area contributed by atoms with E-state index in [1.807, 2.05) is 6.92 Å². The van der Waals surface area contributed by atoms with Gasteiger partial charge in [0.15, 0.2) is 5.96 Å². The van der Waals surface area contributed by atoms with Gasteiger partial charge in [-0.15, -0.1) is 24.0 Å². The molecule has 0 bridgehead atoms. The maximum absolute atomic E-state index is 13.2. The predicted octanol–water partition coefficient (Wildman–Crippen LogP) is 2.96. The summed E-state index contributed by atoms with van der Waals surface area (Å²) in [6.45, 7) is 5.60. The van der Waals surface area contributed by atoms with Crippen molar-refractivity contribution in [3.63, 3.8) is 0 Å². The molecule has 1 aromatic rings. The molecule has 1 unspecified atom stereocenters. The number of aliphatic imine (C=N–C) groups is 1. The topological polar surface area (TPSA) is 64.1 Å². The number of nitrogens with one attached hydrogen (secondary N) is 2. The monoisotopic (exact) mass is 495 g/mol. The minimum absolute atomic E-state index is 0. The van der Waals surface area contributed by atoms with Gasteiger partial charge in [0.1, 0.15) is 17.7 Å². The molecule has 1 aliphatic heterocycles. The average Bonchev–Trinajstić information content (AvgIpc) is 2.65. The van der Waals surface area contributed by atoms with Crippen LogP contribution in [0.25, 0.3) is 0 Å². The molecule has 1 aliphatic rings. The fraction of sp³-hybridized carbons (Fsp3) is 0.632. The van der Waals surface area contributed by atoms with Crippen LogP contribution in [0.4, 0.5) is 4.39 Å². The summed E-state index contributed by atoms with van der Waals surface area (Å²) in [5.74, 6) is 0.932. The van der Waals surface area contributed by atoms with E-state index < -0.39 is 0 Å². The normalized spacial score (nSPS) is 16.3. The zero-order valence-electron chi connectivity index (χ0n) is 16.1. The summed E-state index contributed by atoms with van der Waals surface area (Å²) < 4.78 is 30.0. The maximum Gasteiger partial charge on any atom is 0.191 e. The number of hydrogen-bond acceptors (Lipinski definition) is 4. The summed E-state index contributed by atoms with van der Waals surface area (Å²) in [5.41, 5.74) is 0. The zero-order chi connectivity index (χ0) is 18.6. The molecule has 154 valence electrons. The molecule has 27 heavy (non-hydrogen) atoms. The minimum atomic E-state index is -0.303. The van der Waals surface area contributed by atoms with Crippen LogP contribution >= 0.6 is 24.0 Å². The van der Waals surface area contributed by atoms with E-state index in [9.17, 15) is 4.39 Å². The molecule has 2 N–H and O–H groups in total. The summed E-state index contributed by atoms with van der Waals surface area (Å²) in [5, 5.41) is 6.46. The van der Waals surface area contributed by atoms with Crippen LogP contribution in [0.5, 0.6) is 5.75 Å². The Bertz CT molecular complexity index is 557. The van der Waals surface area contributed by atoms with Gasteiger partial charge in [-0.2, -0.15) is 0 Å². The fourth-order valence-electron chi connectivity index (χ4n) is 2.65. The van der Waals surface area contributed by atoms with E-state index in [0.717, 1.165) is 45.6 Å². The van der Waals surface area contributed by atoms with Crippen molar-refractivity contribution in [1.29, 1.82) is 0 Å². The Morgan fingerprint density at radius 3 is 2.81 bits per heavy atom. The first kappa shape index (κ1) is 23.9. The number of halogens is 2. The molecule has 1 saturated heterocycles. The van der Waals surface area contributed by atoms with Crippen LogP contribution in [0.3, 0.4) is 0 Å². The highest BCUT2D eigenvalue weighted by atomic mass is 127. The minimum Gasteiger partial charge on any atom is -0.489 e. The quantitative estimate of drug-likeness (QED) is 0.239. The van der Waals surface area contributed by atoms with Crippen LogP contribution in [0.2, 0.25) is 0 Å². The van der Waals surface area contributed by atoms with E-state index in [4.69, 9.17) is 14.2 Å². The van der Waals surface area contributed by atoms with Crippen LogP contribution in [0.15, 0.2) is 29.3 Å². The highest BCUT2D eigenvalue weighted by molar-refractivity contribution is 14.0. The average molecular weight is 495 g/mol. The van der Waals surface area contributed by atoms with Crippen LogP contribution in [-0.4, -0.2) is 58.1 Å². The fourth-order valence-corrected chi connectivity index (χ4v) is 2.65. The Labute approximate surface area is 178 Å². The van der Waals surface area contributed by atoms with Crippen molar-refractivity contribution < 1.29 is 18.6 Å². The molecule has 0 radical (unpaired) electrons. The van der Waals surface area contributed by atoms with E-state index in [1.54, 1.807) is 19.2 Å². The number of guanidine groups is 1. The van der Waals surface area contributed by atoms with Gasteiger partial charge in [0.05, 0.1) is 12.6 Å². The Balaban J connectivity index is 0.00000364. The van der Waals surface area contributed by atoms with Crippen molar-refractivity contribution in [1.82, 2.24) is 10.6 Å². The summed E-state index contributed by atoms with van der Waals surface area (Å²) in [6.07, 6.45) is 3.10. The Kier molecular flexibility index (Phi) is 12.4. The summed E-state index contributed by atoms with van der Waals surface area (Å²) in [6, 6.07) is 6.15. The second-order valence-corrected chi connectivity index (χ2v) is 6.30. The third kappa shape index (κ3) is 10.1. The molecular formula is C19H31FIN3O3. The van der Waals surface area contributed by atoms with Gasteiger partial charge in [0, 0.05) is 39.5 Å². The van der Waals surface area contributed by atoms with Crippen LogP contribution in [0.1, 0.15) is 26.2 Å². The van der Waals surface area contributed by atoms with Gasteiger partial charge in [-0.05, 0) is 38.3 Å². The molecule has 8 heteroatoms. The Morgan fingerprint density at radius 2 is 2.11 bits per heavy atom. The number of rotatable bonds is 9. The molecule has 1 fully saturated rings. The third-order valence-corrected chi connectivity index (χ3v) is 4.05. The van der Waals surface area contributed by atoms with Crippen molar-refractivity contribution in [2.24, 2.45) is 4.99 Å². The second-order valence-electron chi connectivity index (χ2n) is 6.30. The molecule has 2 rings (SSSR count). The van der Waals surface area contributed by atoms with Crippen LogP contribution in [0, 0.1) is 5.82 Å². The molecule has 1 atom stereocenters. The smallest absolute Gasteiger partial charge is 0.191 e. The van der Waals surface area contributed by atoms with Gasteiger partial charge in [0.2, 0.25) is 0 Å². The lowest BCUT2D eigenvalue weighted by atomic mass is 10.1. The number of ether oxygens (including phenoxy) is 3. The van der Waals surface area contributed by atoms with Crippen molar-refractivity contribution in [3.8, 4) is 5.75 Å². The molecule has 1 aromatic carbocycles. The standard InChI is InChI=1S/C19H30FN3O3.HI/c1-15(26-18-6-3-5-16(20)13-18)14-23-19(21-2)22-9-4-10-25-17-7-11-24-12-8-17;/h3,5-6,13,15,17H,4,7-12,14H2,1-2H3,(H2,21,22,23);1H.